The first-order chi connectivity index (χ1) is 10.9. The van der Waals surface area contributed by atoms with Crippen LogP contribution in [0.4, 0.5) is 18.9 Å². The van der Waals surface area contributed by atoms with Crippen LogP contribution in [0.1, 0.15) is 22.6 Å². The number of nitrogens with one attached hydrogen (secondary N) is 1. The number of hydrogen-bond acceptors (Lipinski definition) is 4. The first kappa shape index (κ1) is 16.6. The highest BCUT2D eigenvalue weighted by Crippen LogP contribution is 2.36. The summed E-state index contributed by atoms with van der Waals surface area (Å²) in [6.45, 7) is 0. The molecule has 0 bridgehead atoms. The topological polar surface area (TPSA) is 65.3 Å². The van der Waals surface area contributed by atoms with Gasteiger partial charge < -0.3 is 4.74 Å². The minimum atomic E-state index is -4.54. The molecule has 0 fully saturated rings. The molecule has 7 heteroatoms. The summed E-state index contributed by atoms with van der Waals surface area (Å²) in [5.41, 5.74) is 1.48. The lowest BCUT2D eigenvalue weighted by Crippen LogP contribution is -2.09. The zero-order chi connectivity index (χ0) is 17.0. The van der Waals surface area contributed by atoms with Gasteiger partial charge in [0, 0.05) is 0 Å². The molecule has 120 valence electrons. The molecule has 2 aromatic rings. The molecule has 0 aromatic heterocycles. The highest BCUT2D eigenvalue weighted by atomic mass is 19.4. The monoisotopic (exact) mass is 322 g/mol. The van der Waals surface area contributed by atoms with Crippen molar-refractivity contribution >= 4 is 5.69 Å². The second-order valence-corrected chi connectivity index (χ2v) is 4.75. The Morgan fingerprint density at radius 2 is 1.83 bits per heavy atom. The molecule has 2 rings (SSSR count). The maximum atomic E-state index is 12.7. The Morgan fingerprint density at radius 3 is 2.30 bits per heavy atom. The molecule has 2 N–H and O–H groups in total. The van der Waals surface area contributed by atoms with E-state index < -0.39 is 17.7 Å². The first-order valence-corrected chi connectivity index (χ1v) is 6.55. The van der Waals surface area contributed by atoms with Crippen molar-refractivity contribution in [2.75, 3.05) is 12.6 Å². The molecule has 0 heterocycles. The van der Waals surface area contributed by atoms with Crippen molar-refractivity contribution in [2.45, 2.75) is 12.1 Å². The third-order valence-electron chi connectivity index (χ3n) is 3.39. The summed E-state index contributed by atoms with van der Waals surface area (Å²) in [5.74, 6) is -0.240. The molecule has 2 aromatic carbocycles. The van der Waals surface area contributed by atoms with E-state index >= 15 is 0 Å². The molecular formula is C16H13F3N2O2. The fourth-order valence-corrected chi connectivity index (χ4v) is 2.20. The first-order valence-electron chi connectivity index (χ1n) is 6.55. The van der Waals surface area contributed by atoms with Gasteiger partial charge in [-0.1, -0.05) is 18.2 Å². The van der Waals surface area contributed by atoms with Gasteiger partial charge in [-0.2, -0.15) is 18.4 Å². The smallest absolute Gasteiger partial charge is 0.416 e. The highest BCUT2D eigenvalue weighted by molar-refractivity contribution is 5.58. The van der Waals surface area contributed by atoms with Crippen LogP contribution in [0, 0.1) is 11.3 Å². The van der Waals surface area contributed by atoms with Crippen molar-refractivity contribution in [2.24, 2.45) is 0 Å². The molecule has 0 saturated carbocycles. The average molecular weight is 322 g/mol. The molecule has 0 aliphatic rings. The minimum Gasteiger partial charge on any atom is -0.497 e. The summed E-state index contributed by atoms with van der Waals surface area (Å²) in [5, 5.41) is 18.5. The van der Waals surface area contributed by atoms with E-state index in [0.717, 1.165) is 12.1 Å². The Morgan fingerprint density at radius 1 is 1.17 bits per heavy atom. The predicted molar refractivity (Wildman–Crippen MR) is 77.3 cm³/mol. The normalized spacial score (nSPS) is 12.3. The van der Waals surface area contributed by atoms with Crippen molar-refractivity contribution in [3.05, 3.63) is 59.2 Å². The summed E-state index contributed by atoms with van der Waals surface area (Å²) in [6.07, 6.45) is -4.54. The second kappa shape index (κ2) is 6.58. The maximum absolute atomic E-state index is 12.7. The molecule has 0 amide bonds. The quantitative estimate of drug-likeness (QED) is 0.829. The van der Waals surface area contributed by atoms with E-state index in [0.29, 0.717) is 11.3 Å². The number of anilines is 1. The van der Waals surface area contributed by atoms with E-state index in [-0.39, 0.29) is 11.3 Å². The Bertz CT molecular complexity index is 722. The Hall–Kier alpha value is -2.72. The van der Waals surface area contributed by atoms with Crippen LogP contribution in [-0.2, 0) is 6.18 Å². The molecule has 0 spiro atoms. The van der Waals surface area contributed by atoms with Gasteiger partial charge in [-0.25, -0.2) is 0 Å². The Balaban J connectivity index is 2.47. The number of nitrogens with zero attached hydrogens (tertiary/aromatic N) is 1. The summed E-state index contributed by atoms with van der Waals surface area (Å²) in [6, 6.07) is 11.4. The third kappa shape index (κ3) is 3.55. The van der Waals surface area contributed by atoms with Crippen molar-refractivity contribution in [1.82, 2.24) is 0 Å². The summed E-state index contributed by atoms with van der Waals surface area (Å²) < 4.78 is 43.2. The molecule has 1 atom stereocenters. The molecule has 0 aliphatic carbocycles. The van der Waals surface area contributed by atoms with Crippen LogP contribution >= 0.6 is 0 Å². The number of halogens is 3. The van der Waals surface area contributed by atoms with Crippen LogP contribution in [0.3, 0.4) is 0 Å². The summed E-state index contributed by atoms with van der Waals surface area (Å²) >= 11 is 0. The van der Waals surface area contributed by atoms with Gasteiger partial charge in [0.05, 0.1) is 30.3 Å². The zero-order valence-corrected chi connectivity index (χ0v) is 12.1. The fourth-order valence-electron chi connectivity index (χ4n) is 2.20. The van der Waals surface area contributed by atoms with Crippen molar-refractivity contribution in [3.63, 3.8) is 0 Å². The van der Waals surface area contributed by atoms with E-state index in [9.17, 15) is 18.4 Å². The number of ether oxygens (including phenoxy) is 1. The molecule has 23 heavy (non-hydrogen) atoms. The van der Waals surface area contributed by atoms with Crippen LogP contribution in [0.5, 0.6) is 5.75 Å². The van der Waals surface area contributed by atoms with Gasteiger partial charge in [0.25, 0.3) is 0 Å². The van der Waals surface area contributed by atoms with Crippen LogP contribution < -0.4 is 10.2 Å². The molecule has 0 saturated heterocycles. The van der Waals surface area contributed by atoms with Gasteiger partial charge in [-0.05, 0) is 35.4 Å². The highest BCUT2D eigenvalue weighted by Gasteiger charge is 2.31. The van der Waals surface area contributed by atoms with E-state index in [1.807, 2.05) is 6.07 Å². The zero-order valence-electron chi connectivity index (χ0n) is 12.1. The van der Waals surface area contributed by atoms with Gasteiger partial charge in [0.1, 0.15) is 5.75 Å². The van der Waals surface area contributed by atoms with E-state index in [1.54, 1.807) is 29.7 Å². The minimum absolute atomic E-state index is 0.165. The van der Waals surface area contributed by atoms with E-state index in [4.69, 9.17) is 9.94 Å². The van der Waals surface area contributed by atoms with Crippen molar-refractivity contribution in [3.8, 4) is 11.8 Å². The van der Waals surface area contributed by atoms with Gasteiger partial charge in [0.2, 0.25) is 0 Å². The van der Waals surface area contributed by atoms with Crippen LogP contribution in [0.15, 0.2) is 42.5 Å². The number of benzene rings is 2. The van der Waals surface area contributed by atoms with Crippen LogP contribution in [0.25, 0.3) is 0 Å². The number of methoxy groups -OCH3 is 1. The number of nitriles is 1. The lowest BCUT2D eigenvalue weighted by atomic mass is 9.90. The molecule has 0 aliphatic heterocycles. The van der Waals surface area contributed by atoms with Gasteiger partial charge in [-0.3, -0.25) is 10.7 Å². The maximum Gasteiger partial charge on any atom is 0.416 e. The van der Waals surface area contributed by atoms with Gasteiger partial charge >= 0.3 is 6.18 Å². The Labute approximate surface area is 130 Å². The second-order valence-electron chi connectivity index (χ2n) is 4.75. The number of rotatable bonds is 4. The van der Waals surface area contributed by atoms with Crippen molar-refractivity contribution < 1.29 is 23.1 Å². The number of hydrogen-bond donors (Lipinski definition) is 2. The Kier molecular flexibility index (Phi) is 4.77. The molecular weight excluding hydrogens is 309 g/mol. The number of alkyl halides is 3. The van der Waals surface area contributed by atoms with Crippen LogP contribution in [0.2, 0.25) is 0 Å². The standard InChI is InChI=1S/C16H13F3N2O2/c1-23-12-5-2-10(3-6-12)14(9-20)13-7-4-11(16(17,18)19)8-15(13)21-22/h2-8,14,21-22H,1H3. The molecule has 1 unspecified atom stereocenters. The third-order valence-corrected chi connectivity index (χ3v) is 3.39. The summed E-state index contributed by atoms with van der Waals surface area (Å²) in [7, 11) is 1.50. The largest absolute Gasteiger partial charge is 0.497 e. The molecule has 0 radical (unpaired) electrons. The predicted octanol–water partition coefficient (Wildman–Crippen LogP) is 4.17. The SMILES string of the molecule is COc1ccc(C(C#N)c2ccc(C(F)(F)F)cc2NO)cc1. The van der Waals surface area contributed by atoms with Gasteiger partial charge in [-0.15, -0.1) is 0 Å². The van der Waals surface area contributed by atoms with Gasteiger partial charge in [0.15, 0.2) is 0 Å². The van der Waals surface area contributed by atoms with Crippen LogP contribution in [-0.4, -0.2) is 12.3 Å². The average Bonchev–Trinajstić information content (AvgIpc) is 2.55. The summed E-state index contributed by atoms with van der Waals surface area (Å²) in [4.78, 5) is 0. The lowest BCUT2D eigenvalue weighted by Gasteiger charge is -2.16. The van der Waals surface area contributed by atoms with E-state index in [2.05, 4.69) is 0 Å². The molecule has 4 nitrogen and oxygen atoms in total. The fraction of sp³-hybridized carbons (Fsp3) is 0.188. The van der Waals surface area contributed by atoms with E-state index in [1.165, 1.54) is 13.2 Å². The van der Waals surface area contributed by atoms with Crippen molar-refractivity contribution in [1.29, 1.82) is 5.26 Å². The lowest BCUT2D eigenvalue weighted by molar-refractivity contribution is -0.137.